The molecule has 0 bridgehead atoms. The molecule has 0 unspecified atom stereocenters. The average Bonchev–Trinajstić information content (AvgIpc) is 3.28. The molecule has 1 aliphatic rings. The lowest BCUT2D eigenvalue weighted by Crippen LogP contribution is -3.14. The number of nitrogens with one attached hydrogen (secondary N) is 2. The van der Waals surface area contributed by atoms with Gasteiger partial charge in [0.2, 0.25) is 17.6 Å². The second kappa shape index (κ2) is 10.3. The van der Waals surface area contributed by atoms with Crippen molar-refractivity contribution in [2.45, 2.75) is 18.9 Å². The summed E-state index contributed by atoms with van der Waals surface area (Å²) in [6.45, 7) is 4.19. The highest BCUT2D eigenvalue weighted by molar-refractivity contribution is 5.76. The van der Waals surface area contributed by atoms with Crippen molar-refractivity contribution in [1.82, 2.24) is 15.5 Å². The highest BCUT2D eigenvalue weighted by Crippen LogP contribution is 2.17. The zero-order valence-corrected chi connectivity index (χ0v) is 17.2. The van der Waals surface area contributed by atoms with Gasteiger partial charge >= 0.3 is 0 Å². The minimum atomic E-state index is -0.323. The van der Waals surface area contributed by atoms with Gasteiger partial charge in [-0.25, -0.2) is 4.39 Å². The van der Waals surface area contributed by atoms with E-state index >= 15 is 0 Å². The lowest BCUT2D eigenvalue weighted by atomic mass is 10.1. The molecule has 2 aromatic carbocycles. The first-order chi connectivity index (χ1) is 15.2. The van der Waals surface area contributed by atoms with Gasteiger partial charge < -0.3 is 19.5 Å². The van der Waals surface area contributed by atoms with Gasteiger partial charge in [-0.2, -0.15) is 4.98 Å². The van der Waals surface area contributed by atoms with E-state index in [0.717, 1.165) is 38.4 Å². The van der Waals surface area contributed by atoms with Gasteiger partial charge in [0.1, 0.15) is 31.5 Å². The van der Waals surface area contributed by atoms with Crippen LogP contribution in [0.2, 0.25) is 0 Å². The molecule has 2 heterocycles. The fraction of sp³-hybridized carbons (Fsp3) is 0.348. The Bertz CT molecular complexity index is 972. The number of morpholine rings is 1. The number of aromatic nitrogens is 2. The highest BCUT2D eigenvalue weighted by Gasteiger charge is 2.23. The van der Waals surface area contributed by atoms with E-state index in [2.05, 4.69) is 15.5 Å². The predicted octanol–water partition coefficient (Wildman–Crippen LogP) is 1.58. The zero-order chi connectivity index (χ0) is 21.5. The molecule has 3 aromatic rings. The van der Waals surface area contributed by atoms with Gasteiger partial charge in [-0.3, -0.25) is 4.79 Å². The number of halogens is 1. The molecular weight excluding hydrogens is 399 g/mol. The van der Waals surface area contributed by atoms with Gasteiger partial charge in [-0.15, -0.1) is 0 Å². The number of ether oxygens (including phenoxy) is 1. The minimum Gasteiger partial charge on any atom is -0.370 e. The maximum atomic E-state index is 13.1. The monoisotopic (exact) mass is 425 g/mol. The third kappa shape index (κ3) is 5.96. The van der Waals surface area contributed by atoms with Crippen molar-refractivity contribution >= 4 is 5.91 Å². The highest BCUT2D eigenvalue weighted by atomic mass is 19.1. The van der Waals surface area contributed by atoms with Crippen LogP contribution in [-0.2, 0) is 16.0 Å². The molecule has 2 N–H and O–H groups in total. The second-order valence-corrected chi connectivity index (χ2v) is 7.62. The number of hydrogen-bond donors (Lipinski definition) is 2. The molecule has 1 aromatic heterocycles. The Morgan fingerprint density at radius 1 is 1.10 bits per heavy atom. The van der Waals surface area contributed by atoms with Gasteiger partial charge in [0, 0.05) is 18.4 Å². The molecule has 1 atom stereocenters. The first-order valence-electron chi connectivity index (χ1n) is 10.5. The van der Waals surface area contributed by atoms with Crippen LogP contribution in [0.25, 0.3) is 11.4 Å². The molecule has 0 saturated carbocycles. The van der Waals surface area contributed by atoms with Crippen LogP contribution in [0.4, 0.5) is 4.39 Å². The topological polar surface area (TPSA) is 81.7 Å². The SMILES string of the molecule is O=C(CCc1nc(-c2ccc(F)cc2)no1)N[C@H](C[NH+]1CCOCC1)c1ccccc1. The normalized spacial score (nSPS) is 15.5. The smallest absolute Gasteiger partial charge is 0.227 e. The molecule has 8 heteroatoms. The van der Waals surface area contributed by atoms with Crippen LogP contribution in [0.15, 0.2) is 59.1 Å². The fourth-order valence-corrected chi connectivity index (χ4v) is 3.65. The molecule has 4 rings (SSSR count). The summed E-state index contributed by atoms with van der Waals surface area (Å²) in [5.74, 6) is 0.372. The molecule has 1 aliphatic heterocycles. The summed E-state index contributed by atoms with van der Waals surface area (Å²) in [7, 11) is 0. The molecule has 162 valence electrons. The molecule has 0 aliphatic carbocycles. The first-order valence-corrected chi connectivity index (χ1v) is 10.5. The number of benzene rings is 2. The molecule has 7 nitrogen and oxygen atoms in total. The fourth-order valence-electron chi connectivity index (χ4n) is 3.65. The summed E-state index contributed by atoms with van der Waals surface area (Å²) in [6.07, 6.45) is 0.582. The van der Waals surface area contributed by atoms with Crippen molar-refractivity contribution < 1.29 is 23.3 Å². The van der Waals surface area contributed by atoms with Crippen LogP contribution in [-0.4, -0.2) is 48.9 Å². The van der Waals surface area contributed by atoms with E-state index in [-0.39, 0.29) is 24.2 Å². The van der Waals surface area contributed by atoms with Crippen LogP contribution < -0.4 is 10.2 Å². The Balaban J connectivity index is 1.35. The van der Waals surface area contributed by atoms with Crippen LogP contribution in [0.3, 0.4) is 0 Å². The van der Waals surface area contributed by atoms with Crippen molar-refractivity contribution in [2.24, 2.45) is 0 Å². The van der Waals surface area contributed by atoms with Crippen molar-refractivity contribution in [3.63, 3.8) is 0 Å². The maximum Gasteiger partial charge on any atom is 0.227 e. The molecular formula is C23H26FN4O3+. The van der Waals surface area contributed by atoms with E-state index < -0.39 is 0 Å². The number of carbonyl (C=O) groups excluding carboxylic acids is 1. The summed E-state index contributed by atoms with van der Waals surface area (Å²) >= 11 is 0. The van der Waals surface area contributed by atoms with E-state index in [1.54, 1.807) is 12.1 Å². The van der Waals surface area contributed by atoms with E-state index in [1.807, 2.05) is 30.3 Å². The van der Waals surface area contributed by atoms with Crippen molar-refractivity contribution in [2.75, 3.05) is 32.8 Å². The molecule has 1 fully saturated rings. The van der Waals surface area contributed by atoms with Crippen molar-refractivity contribution in [3.8, 4) is 11.4 Å². The summed E-state index contributed by atoms with van der Waals surface area (Å²) in [5.41, 5.74) is 1.75. The molecule has 1 amide bonds. The minimum absolute atomic E-state index is 0.0666. The molecule has 1 saturated heterocycles. The lowest BCUT2D eigenvalue weighted by Gasteiger charge is -2.28. The third-order valence-electron chi connectivity index (χ3n) is 5.37. The Kier molecular flexibility index (Phi) is 7.01. The summed E-state index contributed by atoms with van der Waals surface area (Å²) in [5, 5.41) is 7.09. The largest absolute Gasteiger partial charge is 0.370 e. The number of nitrogens with zero attached hydrogens (tertiary/aromatic N) is 2. The van der Waals surface area contributed by atoms with Crippen LogP contribution in [0.1, 0.15) is 23.9 Å². The van der Waals surface area contributed by atoms with Crippen molar-refractivity contribution in [1.29, 1.82) is 0 Å². The Morgan fingerprint density at radius 3 is 2.58 bits per heavy atom. The average molecular weight is 425 g/mol. The Hall–Kier alpha value is -3.10. The first kappa shape index (κ1) is 21.1. The van der Waals surface area contributed by atoms with Gasteiger partial charge in [-0.05, 0) is 29.8 Å². The maximum absolute atomic E-state index is 13.1. The number of rotatable bonds is 8. The van der Waals surface area contributed by atoms with Gasteiger partial charge in [0.15, 0.2) is 0 Å². The molecule has 31 heavy (non-hydrogen) atoms. The van der Waals surface area contributed by atoms with Crippen molar-refractivity contribution in [3.05, 3.63) is 71.9 Å². The van der Waals surface area contributed by atoms with Gasteiger partial charge in [-0.1, -0.05) is 35.5 Å². The number of amides is 1. The number of quaternary nitrogens is 1. The van der Waals surface area contributed by atoms with Crippen LogP contribution in [0.5, 0.6) is 0 Å². The third-order valence-corrected chi connectivity index (χ3v) is 5.37. The Labute approximate surface area is 180 Å². The summed E-state index contributed by atoms with van der Waals surface area (Å²) in [4.78, 5) is 18.4. The summed E-state index contributed by atoms with van der Waals surface area (Å²) < 4.78 is 23.8. The molecule has 0 radical (unpaired) electrons. The van der Waals surface area contributed by atoms with Gasteiger partial charge in [0.25, 0.3) is 0 Å². The van der Waals surface area contributed by atoms with Gasteiger partial charge in [0.05, 0.1) is 13.2 Å². The number of hydrogen-bond acceptors (Lipinski definition) is 5. The number of aryl methyl sites for hydroxylation is 1. The lowest BCUT2D eigenvalue weighted by molar-refractivity contribution is -0.909. The second-order valence-electron chi connectivity index (χ2n) is 7.62. The van der Waals surface area contributed by atoms with E-state index in [0.29, 0.717) is 23.7 Å². The summed E-state index contributed by atoms with van der Waals surface area (Å²) in [6, 6.07) is 15.8. The standard InChI is InChI=1S/C23H25FN4O3/c24-19-8-6-18(7-9-19)23-26-22(31-27-23)11-10-21(29)25-20(17-4-2-1-3-5-17)16-28-12-14-30-15-13-28/h1-9,20H,10-16H2,(H,25,29)/p+1/t20-/m1/s1. The number of carbonyl (C=O) groups is 1. The van der Waals surface area contributed by atoms with Crippen LogP contribution in [0, 0.1) is 5.82 Å². The van der Waals surface area contributed by atoms with E-state index in [1.165, 1.54) is 17.0 Å². The zero-order valence-electron chi connectivity index (χ0n) is 17.2. The predicted molar refractivity (Wildman–Crippen MR) is 112 cm³/mol. The Morgan fingerprint density at radius 2 is 1.84 bits per heavy atom. The quantitative estimate of drug-likeness (QED) is 0.573. The van der Waals surface area contributed by atoms with Crippen LogP contribution >= 0.6 is 0 Å². The van der Waals surface area contributed by atoms with E-state index in [9.17, 15) is 9.18 Å². The molecule has 0 spiro atoms. The van der Waals surface area contributed by atoms with E-state index in [4.69, 9.17) is 9.26 Å².